The lowest BCUT2D eigenvalue weighted by atomic mass is 10.2. The smallest absolute Gasteiger partial charge is 0.269 e. The summed E-state index contributed by atoms with van der Waals surface area (Å²) in [6.45, 7) is 0.703. The van der Waals surface area contributed by atoms with Crippen LogP contribution in [0, 0.1) is 0 Å². The fraction of sp³-hybridized carbons (Fsp3) is 0.833. The van der Waals surface area contributed by atoms with E-state index in [1.54, 1.807) is 0 Å². The predicted molar refractivity (Wildman–Crippen MR) is 62.3 cm³/mol. The van der Waals surface area contributed by atoms with Crippen LogP contribution in [0.5, 0.6) is 0 Å². The van der Waals surface area contributed by atoms with Crippen LogP contribution in [0.15, 0.2) is 5.10 Å². The Bertz CT molecular complexity index is 260. The number of carbonyl (C=O) groups excluding carboxylic acids is 1. The van der Waals surface area contributed by atoms with Gasteiger partial charge in [0.2, 0.25) is 0 Å². The molecular weight excluding hydrogens is 204 g/mol. The number of hydrogen-bond acceptors (Lipinski definition) is 3. The van der Waals surface area contributed by atoms with Crippen LogP contribution in [0.1, 0.15) is 51.4 Å². The highest BCUT2D eigenvalue weighted by atomic mass is 16.5. The molecule has 2 rings (SSSR count). The quantitative estimate of drug-likeness (QED) is 0.576. The van der Waals surface area contributed by atoms with E-state index in [2.05, 4.69) is 10.5 Å². The molecule has 90 valence electrons. The van der Waals surface area contributed by atoms with Gasteiger partial charge in [0, 0.05) is 12.3 Å². The Labute approximate surface area is 96.4 Å². The van der Waals surface area contributed by atoms with Crippen molar-refractivity contribution in [1.82, 2.24) is 5.43 Å². The minimum Gasteiger partial charge on any atom is -0.368 e. The largest absolute Gasteiger partial charge is 0.368 e. The average molecular weight is 224 g/mol. The maximum absolute atomic E-state index is 11.6. The third-order valence-electron chi connectivity index (χ3n) is 3.23. The lowest BCUT2D eigenvalue weighted by molar-refractivity contribution is -0.130. The molecule has 2 aliphatic rings. The first kappa shape index (κ1) is 11.6. The average Bonchev–Trinajstić information content (AvgIpc) is 2.71. The summed E-state index contributed by atoms with van der Waals surface area (Å²) in [5, 5.41) is 4.22. The second-order valence-corrected chi connectivity index (χ2v) is 4.57. The molecule has 1 saturated heterocycles. The highest BCUT2D eigenvalue weighted by Gasteiger charge is 2.23. The van der Waals surface area contributed by atoms with Crippen LogP contribution in [-0.2, 0) is 9.53 Å². The molecule has 1 unspecified atom stereocenters. The van der Waals surface area contributed by atoms with Gasteiger partial charge in [-0.2, -0.15) is 5.10 Å². The van der Waals surface area contributed by atoms with Crippen molar-refractivity contribution < 1.29 is 9.53 Å². The molecule has 1 aliphatic heterocycles. The van der Waals surface area contributed by atoms with Crippen LogP contribution in [-0.4, -0.2) is 24.3 Å². The maximum Gasteiger partial charge on any atom is 0.269 e. The Balaban J connectivity index is 1.79. The van der Waals surface area contributed by atoms with E-state index >= 15 is 0 Å². The summed E-state index contributed by atoms with van der Waals surface area (Å²) in [5.74, 6) is -0.0748. The van der Waals surface area contributed by atoms with Gasteiger partial charge in [0.05, 0.1) is 0 Å². The molecular formula is C12H20N2O2. The topological polar surface area (TPSA) is 50.7 Å². The lowest BCUT2D eigenvalue weighted by Gasteiger charge is -2.08. The molecule has 0 aromatic rings. The first-order chi connectivity index (χ1) is 7.86. The molecule has 16 heavy (non-hydrogen) atoms. The van der Waals surface area contributed by atoms with Crippen molar-refractivity contribution in [2.45, 2.75) is 57.5 Å². The van der Waals surface area contributed by atoms with Crippen LogP contribution in [0.4, 0.5) is 0 Å². The molecule has 1 amide bonds. The fourth-order valence-electron chi connectivity index (χ4n) is 2.24. The summed E-state index contributed by atoms with van der Waals surface area (Å²) in [4.78, 5) is 11.6. The third kappa shape index (κ3) is 3.30. The predicted octanol–water partition coefficient (Wildman–Crippen LogP) is 1.99. The van der Waals surface area contributed by atoms with Gasteiger partial charge in [-0.05, 0) is 38.5 Å². The van der Waals surface area contributed by atoms with Gasteiger partial charge in [-0.1, -0.05) is 12.8 Å². The molecule has 0 spiro atoms. The minimum absolute atomic E-state index is 0.0748. The van der Waals surface area contributed by atoms with Gasteiger partial charge < -0.3 is 4.74 Å². The van der Waals surface area contributed by atoms with Crippen LogP contribution in [0.2, 0.25) is 0 Å². The zero-order valence-corrected chi connectivity index (χ0v) is 9.71. The van der Waals surface area contributed by atoms with Gasteiger partial charge in [-0.25, -0.2) is 5.43 Å². The molecule has 0 aromatic heterocycles. The van der Waals surface area contributed by atoms with E-state index < -0.39 is 0 Å². The Morgan fingerprint density at radius 2 is 1.94 bits per heavy atom. The number of nitrogens with zero attached hydrogens (tertiary/aromatic N) is 1. The Morgan fingerprint density at radius 1 is 1.19 bits per heavy atom. The summed E-state index contributed by atoms with van der Waals surface area (Å²) < 4.78 is 5.30. The van der Waals surface area contributed by atoms with Crippen molar-refractivity contribution in [3.8, 4) is 0 Å². The van der Waals surface area contributed by atoms with E-state index in [0.29, 0.717) is 6.61 Å². The molecule has 2 fully saturated rings. The van der Waals surface area contributed by atoms with Gasteiger partial charge in [0.1, 0.15) is 6.10 Å². The van der Waals surface area contributed by atoms with Crippen molar-refractivity contribution in [2.24, 2.45) is 5.10 Å². The maximum atomic E-state index is 11.6. The van der Waals surface area contributed by atoms with Crippen molar-refractivity contribution in [3.05, 3.63) is 0 Å². The minimum atomic E-state index is -0.268. The second kappa shape index (κ2) is 5.99. The summed E-state index contributed by atoms with van der Waals surface area (Å²) in [7, 11) is 0. The van der Waals surface area contributed by atoms with Crippen molar-refractivity contribution in [1.29, 1.82) is 0 Å². The van der Waals surface area contributed by atoms with Crippen LogP contribution >= 0.6 is 0 Å². The highest BCUT2D eigenvalue weighted by molar-refractivity contribution is 5.87. The van der Waals surface area contributed by atoms with E-state index in [-0.39, 0.29) is 12.0 Å². The van der Waals surface area contributed by atoms with Crippen LogP contribution in [0.25, 0.3) is 0 Å². The molecule has 0 radical (unpaired) electrons. The monoisotopic (exact) mass is 224 g/mol. The van der Waals surface area contributed by atoms with Gasteiger partial charge in [-0.15, -0.1) is 0 Å². The number of amides is 1. The van der Waals surface area contributed by atoms with Gasteiger partial charge in [0.25, 0.3) is 5.91 Å². The molecule has 1 N–H and O–H groups in total. The van der Waals surface area contributed by atoms with E-state index in [0.717, 1.165) is 31.4 Å². The summed E-state index contributed by atoms with van der Waals surface area (Å²) >= 11 is 0. The van der Waals surface area contributed by atoms with E-state index in [4.69, 9.17) is 4.74 Å². The van der Waals surface area contributed by atoms with Gasteiger partial charge in [0.15, 0.2) is 0 Å². The molecule has 4 nitrogen and oxygen atoms in total. The Hall–Kier alpha value is -0.900. The highest BCUT2D eigenvalue weighted by Crippen LogP contribution is 2.15. The van der Waals surface area contributed by atoms with Crippen molar-refractivity contribution >= 4 is 11.6 Å². The molecule has 1 aliphatic carbocycles. The van der Waals surface area contributed by atoms with Crippen molar-refractivity contribution in [2.75, 3.05) is 6.61 Å². The molecule has 0 bridgehead atoms. The lowest BCUT2D eigenvalue weighted by Crippen LogP contribution is -2.31. The Kier molecular flexibility index (Phi) is 4.34. The number of hydrogen-bond donors (Lipinski definition) is 1. The van der Waals surface area contributed by atoms with E-state index in [1.165, 1.54) is 25.7 Å². The molecule has 4 heteroatoms. The number of nitrogens with one attached hydrogen (secondary N) is 1. The summed E-state index contributed by atoms with van der Waals surface area (Å²) in [6, 6.07) is 0. The zero-order chi connectivity index (χ0) is 11.2. The molecule has 1 heterocycles. The SMILES string of the molecule is O=C(NN=C1CCCCCC1)C1CCCO1. The zero-order valence-electron chi connectivity index (χ0n) is 9.71. The summed E-state index contributed by atoms with van der Waals surface area (Å²) in [5.41, 5.74) is 3.79. The molecule has 1 atom stereocenters. The third-order valence-corrected chi connectivity index (χ3v) is 3.23. The Morgan fingerprint density at radius 3 is 2.56 bits per heavy atom. The van der Waals surface area contributed by atoms with Gasteiger partial charge in [-0.3, -0.25) is 4.79 Å². The standard InChI is InChI=1S/C12H20N2O2/c15-12(11-8-5-9-16-11)14-13-10-6-3-1-2-4-7-10/h11H,1-9H2,(H,14,15). The van der Waals surface area contributed by atoms with Crippen molar-refractivity contribution in [3.63, 3.8) is 0 Å². The second-order valence-electron chi connectivity index (χ2n) is 4.57. The summed E-state index contributed by atoms with van der Waals surface area (Å²) in [6.07, 6.45) is 8.60. The normalized spacial score (nSPS) is 26.2. The number of carbonyl (C=O) groups is 1. The first-order valence-corrected chi connectivity index (χ1v) is 6.33. The van der Waals surface area contributed by atoms with Gasteiger partial charge >= 0.3 is 0 Å². The number of ether oxygens (including phenoxy) is 1. The van der Waals surface area contributed by atoms with E-state index in [1.807, 2.05) is 0 Å². The molecule has 1 saturated carbocycles. The van der Waals surface area contributed by atoms with Crippen LogP contribution in [0.3, 0.4) is 0 Å². The molecule has 0 aromatic carbocycles. The number of rotatable bonds is 2. The van der Waals surface area contributed by atoms with E-state index in [9.17, 15) is 4.79 Å². The fourth-order valence-corrected chi connectivity index (χ4v) is 2.24. The number of hydrazone groups is 1. The first-order valence-electron chi connectivity index (χ1n) is 6.33. The van der Waals surface area contributed by atoms with Crippen LogP contribution < -0.4 is 5.43 Å².